The summed E-state index contributed by atoms with van der Waals surface area (Å²) >= 11 is 3.85. The van der Waals surface area contributed by atoms with Gasteiger partial charge < -0.3 is 26.6 Å². The maximum atomic E-state index is 11.9. The first kappa shape index (κ1) is 19.7. The number of aliphatic hydroxyl groups excluding tert-OH is 1. The van der Waals surface area contributed by atoms with Gasteiger partial charge in [-0.05, 0) is 5.92 Å². The molecule has 0 bridgehead atoms. The van der Waals surface area contributed by atoms with Gasteiger partial charge in [0, 0.05) is 5.75 Å². The second kappa shape index (κ2) is 9.59. The number of rotatable bonds is 9. The summed E-state index contributed by atoms with van der Waals surface area (Å²) in [6.45, 7) is 2.82. The zero-order valence-electron chi connectivity index (χ0n) is 12.1. The minimum Gasteiger partial charge on any atom is -0.480 e. The molecule has 0 saturated heterocycles. The number of amides is 2. The van der Waals surface area contributed by atoms with E-state index in [0.717, 1.165) is 0 Å². The van der Waals surface area contributed by atoms with Crippen LogP contribution < -0.4 is 16.4 Å². The van der Waals surface area contributed by atoms with Gasteiger partial charge in [-0.3, -0.25) is 9.59 Å². The first-order valence-corrected chi connectivity index (χ1v) is 7.22. The summed E-state index contributed by atoms with van der Waals surface area (Å²) in [4.78, 5) is 34.6. The summed E-state index contributed by atoms with van der Waals surface area (Å²) < 4.78 is 0. The number of aliphatic hydroxyl groups is 1. The van der Waals surface area contributed by atoms with Crippen molar-refractivity contribution in [3.8, 4) is 0 Å². The highest BCUT2D eigenvalue weighted by molar-refractivity contribution is 7.80. The van der Waals surface area contributed by atoms with Crippen molar-refractivity contribution in [3.05, 3.63) is 0 Å². The number of hydrogen-bond acceptors (Lipinski definition) is 6. The molecule has 0 radical (unpaired) electrons. The third-order valence-corrected chi connectivity index (χ3v) is 3.52. The number of carbonyl (C=O) groups is 3. The van der Waals surface area contributed by atoms with Crippen molar-refractivity contribution in [3.63, 3.8) is 0 Å². The second-order valence-electron chi connectivity index (χ2n) is 4.74. The average molecular weight is 321 g/mol. The Balaban J connectivity index is 4.77. The van der Waals surface area contributed by atoms with Crippen molar-refractivity contribution in [2.75, 3.05) is 12.4 Å². The van der Waals surface area contributed by atoms with Crippen LogP contribution in [0.3, 0.4) is 0 Å². The molecule has 0 saturated carbocycles. The van der Waals surface area contributed by atoms with Crippen LogP contribution in [0.4, 0.5) is 0 Å². The minimum atomic E-state index is -1.26. The zero-order chi connectivity index (χ0) is 16.6. The van der Waals surface area contributed by atoms with Crippen LogP contribution in [0.1, 0.15) is 20.3 Å². The first-order valence-electron chi connectivity index (χ1n) is 6.59. The van der Waals surface area contributed by atoms with Crippen LogP contribution in [-0.4, -0.2) is 58.5 Å². The standard InChI is InChI=1S/C12H23N3O5S/c1-3-6(2)9(12(19)20)15-11(18)8(4-16)14-10(17)7(13)5-21/h6-9,16,21H,3-5,13H2,1-2H3,(H,14,17)(H,15,18)(H,19,20). The number of thiol groups is 1. The number of hydrogen-bond donors (Lipinski definition) is 6. The molecule has 0 rings (SSSR count). The van der Waals surface area contributed by atoms with Crippen LogP contribution in [0.15, 0.2) is 0 Å². The molecule has 0 aliphatic carbocycles. The Bertz CT molecular complexity index is 380. The molecule has 21 heavy (non-hydrogen) atoms. The van der Waals surface area contributed by atoms with E-state index in [1.807, 2.05) is 0 Å². The molecular formula is C12H23N3O5S. The van der Waals surface area contributed by atoms with E-state index in [1.165, 1.54) is 0 Å². The van der Waals surface area contributed by atoms with E-state index < -0.39 is 42.5 Å². The van der Waals surface area contributed by atoms with E-state index in [-0.39, 0.29) is 11.7 Å². The summed E-state index contributed by atoms with van der Waals surface area (Å²) in [6.07, 6.45) is 0.553. The van der Waals surface area contributed by atoms with Crippen molar-refractivity contribution < 1.29 is 24.6 Å². The summed E-state index contributed by atoms with van der Waals surface area (Å²) in [7, 11) is 0. The monoisotopic (exact) mass is 321 g/mol. The van der Waals surface area contributed by atoms with Crippen LogP contribution in [0.5, 0.6) is 0 Å². The molecule has 8 nitrogen and oxygen atoms in total. The smallest absolute Gasteiger partial charge is 0.326 e. The summed E-state index contributed by atoms with van der Waals surface area (Å²) in [5, 5.41) is 22.8. The maximum absolute atomic E-state index is 11.9. The van der Waals surface area contributed by atoms with Crippen molar-refractivity contribution in [2.24, 2.45) is 11.7 Å². The van der Waals surface area contributed by atoms with E-state index in [0.29, 0.717) is 6.42 Å². The fourth-order valence-corrected chi connectivity index (χ4v) is 1.66. The van der Waals surface area contributed by atoms with Crippen LogP contribution >= 0.6 is 12.6 Å². The summed E-state index contributed by atoms with van der Waals surface area (Å²) in [6, 6.07) is -3.26. The highest BCUT2D eigenvalue weighted by Crippen LogP contribution is 2.08. The molecule has 0 aliphatic rings. The van der Waals surface area contributed by atoms with Gasteiger partial charge in [-0.25, -0.2) is 4.79 Å². The largest absolute Gasteiger partial charge is 0.480 e. The van der Waals surface area contributed by atoms with Gasteiger partial charge in [-0.2, -0.15) is 12.6 Å². The number of nitrogens with one attached hydrogen (secondary N) is 2. The normalized spacial score (nSPS) is 16.4. The Hall–Kier alpha value is -1.32. The van der Waals surface area contributed by atoms with E-state index >= 15 is 0 Å². The lowest BCUT2D eigenvalue weighted by Gasteiger charge is -2.24. The molecule has 122 valence electrons. The molecule has 4 unspecified atom stereocenters. The maximum Gasteiger partial charge on any atom is 0.326 e. The molecule has 2 amide bonds. The molecule has 0 fully saturated rings. The molecule has 0 spiro atoms. The third-order valence-electron chi connectivity index (χ3n) is 3.13. The van der Waals surface area contributed by atoms with E-state index in [4.69, 9.17) is 15.9 Å². The Kier molecular flexibility index (Phi) is 8.98. The van der Waals surface area contributed by atoms with Crippen LogP contribution in [0.2, 0.25) is 0 Å². The molecule has 0 aromatic carbocycles. The Morgan fingerprint density at radius 1 is 1.24 bits per heavy atom. The summed E-state index contributed by atoms with van der Waals surface area (Å²) in [5.41, 5.74) is 5.44. The van der Waals surface area contributed by atoms with E-state index in [9.17, 15) is 14.4 Å². The van der Waals surface area contributed by atoms with Gasteiger partial charge in [0.1, 0.15) is 12.1 Å². The number of carboxylic acid groups (broad SMARTS) is 1. The Labute approximate surface area is 128 Å². The van der Waals surface area contributed by atoms with E-state index in [2.05, 4.69) is 23.3 Å². The van der Waals surface area contributed by atoms with Crippen LogP contribution in [-0.2, 0) is 14.4 Å². The minimum absolute atomic E-state index is 0.0796. The SMILES string of the molecule is CCC(C)C(NC(=O)C(CO)NC(=O)C(N)CS)C(=O)O. The van der Waals surface area contributed by atoms with Crippen molar-refractivity contribution in [1.29, 1.82) is 0 Å². The fourth-order valence-electron chi connectivity index (χ4n) is 1.49. The molecule has 0 aromatic heterocycles. The first-order chi connectivity index (χ1) is 9.78. The predicted molar refractivity (Wildman–Crippen MR) is 79.9 cm³/mol. The van der Waals surface area contributed by atoms with Crippen molar-refractivity contribution in [1.82, 2.24) is 10.6 Å². The zero-order valence-corrected chi connectivity index (χ0v) is 13.0. The number of carbonyl (C=O) groups excluding carboxylic acids is 2. The van der Waals surface area contributed by atoms with E-state index in [1.54, 1.807) is 13.8 Å². The predicted octanol–water partition coefficient (Wildman–Crippen LogP) is -1.66. The highest BCUT2D eigenvalue weighted by Gasteiger charge is 2.29. The van der Waals surface area contributed by atoms with Crippen molar-refractivity contribution in [2.45, 2.75) is 38.4 Å². The number of nitrogens with two attached hydrogens (primary N) is 1. The Morgan fingerprint density at radius 3 is 2.19 bits per heavy atom. The number of aliphatic carboxylic acids is 1. The topological polar surface area (TPSA) is 142 Å². The molecule has 9 heteroatoms. The molecule has 4 atom stereocenters. The van der Waals surface area contributed by atoms with Gasteiger partial charge >= 0.3 is 5.97 Å². The molecular weight excluding hydrogens is 298 g/mol. The lowest BCUT2D eigenvalue weighted by molar-refractivity contribution is -0.144. The quantitative estimate of drug-likeness (QED) is 0.281. The Morgan fingerprint density at radius 2 is 1.81 bits per heavy atom. The van der Waals surface area contributed by atoms with Gasteiger partial charge in [0.25, 0.3) is 0 Å². The van der Waals surface area contributed by atoms with Crippen LogP contribution in [0.25, 0.3) is 0 Å². The van der Waals surface area contributed by atoms with Gasteiger partial charge in [0.05, 0.1) is 12.6 Å². The second-order valence-corrected chi connectivity index (χ2v) is 5.11. The van der Waals surface area contributed by atoms with Gasteiger partial charge in [0.2, 0.25) is 11.8 Å². The third kappa shape index (κ3) is 6.32. The van der Waals surface area contributed by atoms with Crippen molar-refractivity contribution >= 4 is 30.4 Å². The van der Waals surface area contributed by atoms with Gasteiger partial charge in [-0.1, -0.05) is 20.3 Å². The number of carboxylic acids is 1. The lowest BCUT2D eigenvalue weighted by Crippen LogP contribution is -2.57. The summed E-state index contributed by atoms with van der Waals surface area (Å²) in [5.74, 6) is -2.80. The van der Waals surface area contributed by atoms with Gasteiger partial charge in [-0.15, -0.1) is 0 Å². The fraction of sp³-hybridized carbons (Fsp3) is 0.750. The lowest BCUT2D eigenvalue weighted by atomic mass is 9.99. The van der Waals surface area contributed by atoms with Gasteiger partial charge in [0.15, 0.2) is 0 Å². The highest BCUT2D eigenvalue weighted by atomic mass is 32.1. The molecule has 6 N–H and O–H groups in total. The molecule has 0 heterocycles. The van der Waals surface area contributed by atoms with Crippen LogP contribution in [0, 0.1) is 5.92 Å². The average Bonchev–Trinajstić information content (AvgIpc) is 2.47. The molecule has 0 aliphatic heterocycles. The molecule has 0 aromatic rings.